The van der Waals surface area contributed by atoms with Gasteiger partial charge >= 0.3 is 0 Å². The predicted molar refractivity (Wildman–Crippen MR) is 18.5 cm³/mol. The van der Waals surface area contributed by atoms with E-state index in [-0.39, 0.29) is 22.4 Å². The Morgan fingerprint density at radius 3 is 1.17 bits per heavy atom. The van der Waals surface area contributed by atoms with Gasteiger partial charge < -0.3 is 10.2 Å². The standard InChI is InChI=1S/C3H8O2.Au/c1-3(2,4)5;/h4-5H,1-2H3;. The Labute approximate surface area is 52.7 Å². The number of rotatable bonds is 0. The van der Waals surface area contributed by atoms with E-state index in [0.29, 0.717) is 0 Å². The molecule has 0 aliphatic heterocycles. The summed E-state index contributed by atoms with van der Waals surface area (Å²) >= 11 is 0. The van der Waals surface area contributed by atoms with Crippen LogP contribution in [-0.2, 0) is 22.4 Å². The molecule has 0 saturated heterocycles. The van der Waals surface area contributed by atoms with Gasteiger partial charge in [-0.3, -0.25) is 0 Å². The van der Waals surface area contributed by atoms with Crippen LogP contribution in [0.3, 0.4) is 0 Å². The van der Waals surface area contributed by atoms with E-state index in [1.807, 2.05) is 0 Å². The molecule has 6 heavy (non-hydrogen) atoms. The zero-order valence-corrected chi connectivity index (χ0v) is 5.86. The van der Waals surface area contributed by atoms with Gasteiger partial charge in [-0.2, -0.15) is 0 Å². The van der Waals surface area contributed by atoms with Gasteiger partial charge in [-0.25, -0.2) is 0 Å². The van der Waals surface area contributed by atoms with Crippen LogP contribution < -0.4 is 0 Å². The maximum Gasteiger partial charge on any atom is 0.156 e. The molecule has 0 fully saturated rings. The van der Waals surface area contributed by atoms with Crippen molar-refractivity contribution in [2.45, 2.75) is 19.6 Å². The molecule has 0 spiro atoms. The van der Waals surface area contributed by atoms with E-state index in [9.17, 15) is 0 Å². The van der Waals surface area contributed by atoms with E-state index in [1.165, 1.54) is 13.8 Å². The Hall–Kier alpha value is 0.660. The molecule has 0 aromatic heterocycles. The fraction of sp³-hybridized carbons (Fsp3) is 1.00. The van der Waals surface area contributed by atoms with Gasteiger partial charge in [0.1, 0.15) is 0 Å². The second-order valence-electron chi connectivity index (χ2n) is 1.49. The van der Waals surface area contributed by atoms with Crippen LogP contribution in [0.4, 0.5) is 0 Å². The van der Waals surface area contributed by atoms with Crippen molar-refractivity contribution in [3.63, 3.8) is 0 Å². The molecule has 3 heteroatoms. The van der Waals surface area contributed by atoms with Gasteiger partial charge in [0, 0.05) is 22.4 Å². The van der Waals surface area contributed by atoms with Crippen LogP contribution in [0.25, 0.3) is 0 Å². The molecule has 1 radical (unpaired) electrons. The summed E-state index contributed by atoms with van der Waals surface area (Å²) in [5, 5.41) is 16.2. The van der Waals surface area contributed by atoms with Crippen LogP contribution in [0.15, 0.2) is 0 Å². The molecule has 0 atom stereocenters. The number of aliphatic hydroxyl groups is 2. The SMILES string of the molecule is CC(C)(O)O.[Au]. The topological polar surface area (TPSA) is 40.5 Å². The Balaban J connectivity index is 0. The maximum absolute atomic E-state index is 8.08. The van der Waals surface area contributed by atoms with Gasteiger partial charge in [0.05, 0.1) is 0 Å². The molecular weight excluding hydrogens is 265 g/mol. The summed E-state index contributed by atoms with van der Waals surface area (Å²) in [6.45, 7) is 2.60. The average Bonchev–Trinajstić information content (AvgIpc) is 0.722. The largest absolute Gasteiger partial charge is 0.366 e. The van der Waals surface area contributed by atoms with Crippen molar-refractivity contribution in [2.75, 3.05) is 0 Å². The van der Waals surface area contributed by atoms with Crippen molar-refractivity contribution in [2.24, 2.45) is 0 Å². The maximum atomic E-state index is 8.08. The number of hydrogen-bond acceptors (Lipinski definition) is 2. The zero-order chi connectivity index (χ0) is 4.50. The molecule has 0 aromatic rings. The predicted octanol–water partition coefficient (Wildman–Crippen LogP) is -0.295. The summed E-state index contributed by atoms with van der Waals surface area (Å²) in [6, 6.07) is 0. The molecule has 2 N–H and O–H groups in total. The minimum Gasteiger partial charge on any atom is -0.366 e. The van der Waals surface area contributed by atoms with E-state index in [0.717, 1.165) is 0 Å². The van der Waals surface area contributed by atoms with Crippen LogP contribution in [-0.4, -0.2) is 16.0 Å². The first-order valence-corrected chi connectivity index (χ1v) is 1.45. The monoisotopic (exact) mass is 273 g/mol. The second-order valence-corrected chi connectivity index (χ2v) is 1.49. The van der Waals surface area contributed by atoms with Gasteiger partial charge in [-0.15, -0.1) is 0 Å². The number of hydrogen-bond donors (Lipinski definition) is 2. The molecule has 0 aromatic carbocycles. The molecule has 0 saturated carbocycles. The fourth-order valence-electron chi connectivity index (χ4n) is 0. The van der Waals surface area contributed by atoms with E-state index in [4.69, 9.17) is 10.2 Å². The summed E-state index contributed by atoms with van der Waals surface area (Å²) in [5.41, 5.74) is 0. The van der Waals surface area contributed by atoms with Crippen molar-refractivity contribution in [3.8, 4) is 0 Å². The van der Waals surface area contributed by atoms with Crippen molar-refractivity contribution >= 4 is 0 Å². The first-order chi connectivity index (χ1) is 2.00. The van der Waals surface area contributed by atoms with Crippen molar-refractivity contribution in [3.05, 3.63) is 0 Å². The van der Waals surface area contributed by atoms with Crippen molar-refractivity contribution in [1.29, 1.82) is 0 Å². The summed E-state index contributed by atoms with van der Waals surface area (Å²) in [6.07, 6.45) is 0. The molecule has 0 amide bonds. The van der Waals surface area contributed by atoms with Crippen LogP contribution in [0, 0.1) is 0 Å². The molecular formula is C3H8AuO2. The first kappa shape index (κ1) is 9.83. The van der Waals surface area contributed by atoms with Gasteiger partial charge in [-0.05, 0) is 13.8 Å². The molecule has 0 bridgehead atoms. The van der Waals surface area contributed by atoms with Crippen LogP contribution in [0.5, 0.6) is 0 Å². The Kier molecular flexibility index (Phi) is 4.54. The third kappa shape index (κ3) is 143. The van der Waals surface area contributed by atoms with Gasteiger partial charge in [0.2, 0.25) is 0 Å². The third-order valence-corrected chi connectivity index (χ3v) is 0. The van der Waals surface area contributed by atoms with E-state index < -0.39 is 5.79 Å². The van der Waals surface area contributed by atoms with Gasteiger partial charge in [0.15, 0.2) is 5.79 Å². The van der Waals surface area contributed by atoms with E-state index in [1.54, 1.807) is 0 Å². The Morgan fingerprint density at radius 1 is 1.17 bits per heavy atom. The Morgan fingerprint density at radius 2 is 1.17 bits per heavy atom. The smallest absolute Gasteiger partial charge is 0.156 e. The second kappa shape index (κ2) is 2.77. The minimum atomic E-state index is -1.50. The first-order valence-electron chi connectivity index (χ1n) is 1.45. The van der Waals surface area contributed by atoms with Crippen molar-refractivity contribution < 1.29 is 32.6 Å². The fourth-order valence-corrected chi connectivity index (χ4v) is 0. The molecule has 2 nitrogen and oxygen atoms in total. The van der Waals surface area contributed by atoms with E-state index in [2.05, 4.69) is 0 Å². The molecule has 0 heterocycles. The van der Waals surface area contributed by atoms with Crippen LogP contribution in [0.2, 0.25) is 0 Å². The van der Waals surface area contributed by atoms with Crippen molar-refractivity contribution in [1.82, 2.24) is 0 Å². The quantitative estimate of drug-likeness (QED) is 0.470. The molecule has 0 aliphatic rings. The normalized spacial score (nSPS) is 10.0. The Bertz CT molecular complexity index is 24.3. The summed E-state index contributed by atoms with van der Waals surface area (Å²) in [5.74, 6) is -1.50. The van der Waals surface area contributed by atoms with Gasteiger partial charge in [0.25, 0.3) is 0 Å². The van der Waals surface area contributed by atoms with E-state index >= 15 is 0 Å². The molecule has 0 rings (SSSR count). The van der Waals surface area contributed by atoms with Crippen LogP contribution >= 0.6 is 0 Å². The molecule has 0 aliphatic carbocycles. The van der Waals surface area contributed by atoms with Gasteiger partial charge in [-0.1, -0.05) is 0 Å². The average molecular weight is 273 g/mol. The third-order valence-electron chi connectivity index (χ3n) is 0. The molecule has 0 unspecified atom stereocenters. The summed E-state index contributed by atoms with van der Waals surface area (Å²) in [7, 11) is 0. The minimum absolute atomic E-state index is 0. The zero-order valence-electron chi connectivity index (χ0n) is 3.70. The van der Waals surface area contributed by atoms with Crippen LogP contribution in [0.1, 0.15) is 13.8 Å². The summed E-state index contributed by atoms with van der Waals surface area (Å²) < 4.78 is 0. The molecule has 43 valence electrons. The summed E-state index contributed by atoms with van der Waals surface area (Å²) in [4.78, 5) is 0.